The molecule has 0 N–H and O–H groups in total. The monoisotopic (exact) mass is 271 g/mol. The third-order valence-corrected chi connectivity index (χ3v) is 3.01. The van der Waals surface area contributed by atoms with Crippen LogP contribution in [0.2, 0.25) is 0 Å². The molecule has 0 spiro atoms. The van der Waals surface area contributed by atoms with E-state index in [1.807, 2.05) is 30.3 Å². The Kier molecular flexibility index (Phi) is 4.10. The maximum Gasteiger partial charge on any atom is 0.317 e. The normalized spacial score (nSPS) is 11.7. The first kappa shape index (κ1) is 13.7. The molecule has 2 aromatic carbocycles. The number of methoxy groups -OCH3 is 1. The number of benzene rings is 2. The summed E-state index contributed by atoms with van der Waals surface area (Å²) in [7, 11) is 1.32. The van der Waals surface area contributed by atoms with Gasteiger partial charge in [-0.15, -0.1) is 0 Å². The van der Waals surface area contributed by atoms with Crippen molar-refractivity contribution >= 4 is 11.7 Å². The molecule has 0 saturated heterocycles. The van der Waals surface area contributed by atoms with E-state index in [-0.39, 0.29) is 5.69 Å². The van der Waals surface area contributed by atoms with Gasteiger partial charge in [0.05, 0.1) is 12.0 Å². The van der Waals surface area contributed by atoms with Crippen LogP contribution in [0.1, 0.15) is 17.0 Å². The van der Waals surface area contributed by atoms with Gasteiger partial charge in [-0.3, -0.25) is 14.9 Å². The smallest absolute Gasteiger partial charge is 0.317 e. The standard InChI is InChI=1S/C15H13NO4/c1-20-15(17)14(11-5-3-2-4-6-11)12-7-9-13(10-8-12)16(18)19/h2-10,14H,1H3/t14-/m0/s1. The first-order chi connectivity index (χ1) is 9.63. The lowest BCUT2D eigenvalue weighted by Crippen LogP contribution is -2.15. The molecule has 0 aromatic heterocycles. The molecule has 1 atom stereocenters. The van der Waals surface area contributed by atoms with E-state index < -0.39 is 16.8 Å². The number of hydrogen-bond acceptors (Lipinski definition) is 4. The van der Waals surface area contributed by atoms with E-state index in [0.29, 0.717) is 5.56 Å². The number of ether oxygens (including phenoxy) is 1. The summed E-state index contributed by atoms with van der Waals surface area (Å²) < 4.78 is 4.83. The van der Waals surface area contributed by atoms with Gasteiger partial charge in [0.2, 0.25) is 0 Å². The van der Waals surface area contributed by atoms with Crippen LogP contribution in [-0.4, -0.2) is 18.0 Å². The van der Waals surface area contributed by atoms with Gasteiger partial charge in [-0.25, -0.2) is 0 Å². The molecule has 0 bridgehead atoms. The number of nitrogens with zero attached hydrogens (tertiary/aromatic N) is 1. The van der Waals surface area contributed by atoms with Gasteiger partial charge in [0, 0.05) is 12.1 Å². The first-order valence-electron chi connectivity index (χ1n) is 6.00. The minimum atomic E-state index is -0.581. The highest BCUT2D eigenvalue weighted by molar-refractivity contribution is 5.82. The van der Waals surface area contributed by atoms with E-state index in [4.69, 9.17) is 4.74 Å². The van der Waals surface area contributed by atoms with Gasteiger partial charge in [0.25, 0.3) is 5.69 Å². The second kappa shape index (κ2) is 5.97. The molecule has 0 aliphatic rings. The summed E-state index contributed by atoms with van der Waals surface area (Å²) >= 11 is 0. The molecule has 0 aliphatic carbocycles. The van der Waals surface area contributed by atoms with Crippen LogP contribution in [0.25, 0.3) is 0 Å². The van der Waals surface area contributed by atoms with Gasteiger partial charge < -0.3 is 4.74 Å². The highest BCUT2D eigenvalue weighted by Gasteiger charge is 2.23. The number of rotatable bonds is 4. The van der Waals surface area contributed by atoms with E-state index in [9.17, 15) is 14.9 Å². The Morgan fingerprint density at radius 2 is 1.60 bits per heavy atom. The van der Waals surface area contributed by atoms with Crippen LogP contribution in [0.5, 0.6) is 0 Å². The molecule has 0 aliphatic heterocycles. The highest BCUT2D eigenvalue weighted by atomic mass is 16.6. The van der Waals surface area contributed by atoms with Crippen LogP contribution in [0.4, 0.5) is 5.69 Å². The lowest BCUT2D eigenvalue weighted by molar-refractivity contribution is -0.384. The number of carbonyl (C=O) groups is 1. The van der Waals surface area contributed by atoms with Crippen LogP contribution < -0.4 is 0 Å². The van der Waals surface area contributed by atoms with E-state index in [0.717, 1.165) is 5.56 Å². The van der Waals surface area contributed by atoms with Gasteiger partial charge in [0.1, 0.15) is 5.92 Å². The van der Waals surface area contributed by atoms with Crippen molar-refractivity contribution in [3.63, 3.8) is 0 Å². The van der Waals surface area contributed by atoms with Crippen molar-refractivity contribution in [1.82, 2.24) is 0 Å². The van der Waals surface area contributed by atoms with Crippen molar-refractivity contribution in [3.05, 3.63) is 75.8 Å². The van der Waals surface area contributed by atoms with E-state index in [1.54, 1.807) is 12.1 Å². The molecule has 0 heterocycles. The fourth-order valence-electron chi connectivity index (χ4n) is 2.02. The summed E-state index contributed by atoms with van der Waals surface area (Å²) in [6.45, 7) is 0. The summed E-state index contributed by atoms with van der Waals surface area (Å²) in [5.74, 6) is -0.980. The zero-order valence-electron chi connectivity index (χ0n) is 10.9. The fourth-order valence-corrected chi connectivity index (χ4v) is 2.02. The number of hydrogen-bond donors (Lipinski definition) is 0. The Balaban J connectivity index is 2.42. The van der Waals surface area contributed by atoms with Crippen molar-refractivity contribution in [2.24, 2.45) is 0 Å². The lowest BCUT2D eigenvalue weighted by atomic mass is 9.91. The molecule has 0 fully saturated rings. The quantitative estimate of drug-likeness (QED) is 0.487. The van der Waals surface area contributed by atoms with Crippen LogP contribution in [-0.2, 0) is 9.53 Å². The molecule has 0 saturated carbocycles. The third-order valence-electron chi connectivity index (χ3n) is 3.01. The Labute approximate surface area is 116 Å². The van der Waals surface area contributed by atoms with E-state index in [2.05, 4.69) is 0 Å². The zero-order valence-corrected chi connectivity index (χ0v) is 10.9. The maximum atomic E-state index is 12.0. The number of nitro groups is 1. The van der Waals surface area contributed by atoms with Crippen LogP contribution in [0, 0.1) is 10.1 Å². The Bertz CT molecular complexity index is 608. The molecule has 5 heteroatoms. The molecule has 2 aromatic rings. The molecule has 0 unspecified atom stereocenters. The molecule has 102 valence electrons. The topological polar surface area (TPSA) is 69.4 Å². The van der Waals surface area contributed by atoms with Crippen molar-refractivity contribution in [2.75, 3.05) is 7.11 Å². The molecular formula is C15H13NO4. The van der Waals surface area contributed by atoms with E-state index in [1.165, 1.54) is 19.2 Å². The van der Waals surface area contributed by atoms with Gasteiger partial charge in [-0.2, -0.15) is 0 Å². The minimum absolute atomic E-state index is 0.00886. The Morgan fingerprint density at radius 1 is 1.05 bits per heavy atom. The summed E-state index contributed by atoms with van der Waals surface area (Å²) in [4.78, 5) is 22.2. The lowest BCUT2D eigenvalue weighted by Gasteiger charge is -2.15. The second-order valence-electron chi connectivity index (χ2n) is 4.22. The minimum Gasteiger partial charge on any atom is -0.468 e. The fraction of sp³-hybridized carbons (Fsp3) is 0.133. The van der Waals surface area contributed by atoms with Gasteiger partial charge >= 0.3 is 5.97 Å². The van der Waals surface area contributed by atoms with Crippen LogP contribution in [0.15, 0.2) is 54.6 Å². The number of non-ortho nitro benzene ring substituents is 1. The number of carbonyl (C=O) groups excluding carboxylic acids is 1. The van der Waals surface area contributed by atoms with Crippen molar-refractivity contribution < 1.29 is 14.5 Å². The Morgan fingerprint density at radius 3 is 2.10 bits per heavy atom. The largest absolute Gasteiger partial charge is 0.468 e. The van der Waals surface area contributed by atoms with Crippen molar-refractivity contribution in [3.8, 4) is 0 Å². The van der Waals surface area contributed by atoms with Gasteiger partial charge in [-0.1, -0.05) is 42.5 Å². The highest BCUT2D eigenvalue weighted by Crippen LogP contribution is 2.27. The number of esters is 1. The second-order valence-corrected chi connectivity index (χ2v) is 4.22. The summed E-state index contributed by atoms with van der Waals surface area (Å²) in [6.07, 6.45) is 0. The average molecular weight is 271 g/mol. The predicted molar refractivity (Wildman–Crippen MR) is 73.4 cm³/mol. The third kappa shape index (κ3) is 2.83. The summed E-state index contributed by atoms with van der Waals surface area (Å²) in [6, 6.07) is 15.1. The summed E-state index contributed by atoms with van der Waals surface area (Å²) in [5, 5.41) is 10.7. The maximum absolute atomic E-state index is 12.0. The Hall–Kier alpha value is -2.69. The molecule has 20 heavy (non-hydrogen) atoms. The molecular weight excluding hydrogens is 258 g/mol. The molecule has 0 radical (unpaired) electrons. The van der Waals surface area contributed by atoms with Gasteiger partial charge in [0.15, 0.2) is 0 Å². The van der Waals surface area contributed by atoms with E-state index >= 15 is 0 Å². The molecule has 0 amide bonds. The number of nitro benzene ring substituents is 1. The van der Waals surface area contributed by atoms with Crippen LogP contribution >= 0.6 is 0 Å². The summed E-state index contributed by atoms with van der Waals surface area (Å²) in [5.41, 5.74) is 1.44. The zero-order chi connectivity index (χ0) is 14.5. The first-order valence-corrected chi connectivity index (χ1v) is 6.00. The molecule has 2 rings (SSSR count). The SMILES string of the molecule is COC(=O)[C@@H](c1ccccc1)c1ccc([N+](=O)[O-])cc1. The van der Waals surface area contributed by atoms with Crippen LogP contribution in [0.3, 0.4) is 0 Å². The average Bonchev–Trinajstić information content (AvgIpc) is 2.49. The van der Waals surface area contributed by atoms with Crippen molar-refractivity contribution in [1.29, 1.82) is 0 Å². The van der Waals surface area contributed by atoms with Gasteiger partial charge in [-0.05, 0) is 11.1 Å². The predicted octanol–water partition coefficient (Wildman–Crippen LogP) is 2.90. The van der Waals surface area contributed by atoms with Crippen molar-refractivity contribution in [2.45, 2.75) is 5.92 Å². The molecule has 5 nitrogen and oxygen atoms in total.